The zero-order valence-corrected chi connectivity index (χ0v) is 7.47. The second-order valence-electron chi connectivity index (χ2n) is 2.79. The number of rotatable bonds is 2. The number of phenols is 2. The molecule has 2 N–H and O–H groups in total. The lowest BCUT2D eigenvalue weighted by molar-refractivity contribution is -0.422. The maximum absolute atomic E-state index is 10.3. The number of nitro groups is 1. The molecule has 0 aliphatic heterocycles. The van der Waals surface area contributed by atoms with Crippen molar-refractivity contribution in [3.8, 4) is 11.5 Å². The SMILES string of the molecule is C/C(=C\c1ccc(O)cc1O)[N+](=O)[O-]. The highest BCUT2D eigenvalue weighted by molar-refractivity contribution is 5.59. The van der Waals surface area contributed by atoms with E-state index in [1.807, 2.05) is 0 Å². The zero-order valence-electron chi connectivity index (χ0n) is 7.47. The van der Waals surface area contributed by atoms with Crippen molar-refractivity contribution in [2.24, 2.45) is 0 Å². The van der Waals surface area contributed by atoms with Crippen LogP contribution in [0.2, 0.25) is 0 Å². The van der Waals surface area contributed by atoms with E-state index in [9.17, 15) is 15.2 Å². The fraction of sp³-hybridized carbons (Fsp3) is 0.111. The van der Waals surface area contributed by atoms with Crippen LogP contribution in [-0.4, -0.2) is 15.1 Å². The lowest BCUT2D eigenvalue weighted by Gasteiger charge is -1.99. The first-order chi connectivity index (χ1) is 6.50. The van der Waals surface area contributed by atoms with E-state index in [2.05, 4.69) is 0 Å². The van der Waals surface area contributed by atoms with Crippen molar-refractivity contribution in [1.29, 1.82) is 0 Å². The molecule has 0 bridgehead atoms. The third-order valence-corrected chi connectivity index (χ3v) is 1.67. The molecule has 5 nitrogen and oxygen atoms in total. The molecule has 0 saturated carbocycles. The Labute approximate surface area is 80.1 Å². The Morgan fingerprint density at radius 2 is 2.14 bits per heavy atom. The van der Waals surface area contributed by atoms with Gasteiger partial charge in [0.05, 0.1) is 4.92 Å². The lowest BCUT2D eigenvalue weighted by Crippen LogP contribution is -1.92. The highest BCUT2D eigenvalue weighted by atomic mass is 16.6. The molecule has 1 rings (SSSR count). The van der Waals surface area contributed by atoms with E-state index >= 15 is 0 Å². The minimum Gasteiger partial charge on any atom is -0.508 e. The molecule has 5 heteroatoms. The van der Waals surface area contributed by atoms with E-state index in [-0.39, 0.29) is 17.2 Å². The maximum atomic E-state index is 10.3. The van der Waals surface area contributed by atoms with Crippen LogP contribution >= 0.6 is 0 Å². The average molecular weight is 195 g/mol. The fourth-order valence-corrected chi connectivity index (χ4v) is 0.932. The molecule has 1 aromatic carbocycles. The van der Waals surface area contributed by atoms with Crippen LogP contribution in [0.4, 0.5) is 0 Å². The van der Waals surface area contributed by atoms with E-state index in [0.717, 1.165) is 6.07 Å². The van der Waals surface area contributed by atoms with E-state index in [4.69, 9.17) is 5.11 Å². The number of phenolic OH excluding ortho intramolecular Hbond substituents is 2. The quantitative estimate of drug-likeness (QED) is 0.556. The van der Waals surface area contributed by atoms with Gasteiger partial charge in [-0.2, -0.15) is 0 Å². The molecule has 0 spiro atoms. The molecule has 0 heterocycles. The average Bonchev–Trinajstić information content (AvgIpc) is 2.09. The van der Waals surface area contributed by atoms with Crippen LogP contribution in [0.5, 0.6) is 11.5 Å². The molecule has 0 saturated heterocycles. The first-order valence-corrected chi connectivity index (χ1v) is 3.85. The monoisotopic (exact) mass is 195 g/mol. The van der Waals surface area contributed by atoms with Crippen molar-refractivity contribution in [2.45, 2.75) is 6.92 Å². The van der Waals surface area contributed by atoms with Crippen molar-refractivity contribution in [3.05, 3.63) is 39.6 Å². The number of hydrogen-bond donors (Lipinski definition) is 2. The molecule has 0 atom stereocenters. The first-order valence-electron chi connectivity index (χ1n) is 3.85. The van der Waals surface area contributed by atoms with E-state index in [1.165, 1.54) is 25.1 Å². The summed E-state index contributed by atoms with van der Waals surface area (Å²) in [7, 11) is 0. The van der Waals surface area contributed by atoms with Crippen LogP contribution in [0.15, 0.2) is 23.9 Å². The summed E-state index contributed by atoms with van der Waals surface area (Å²) in [4.78, 5) is 9.74. The highest BCUT2D eigenvalue weighted by Crippen LogP contribution is 2.24. The van der Waals surface area contributed by atoms with Crippen molar-refractivity contribution >= 4 is 6.08 Å². The van der Waals surface area contributed by atoms with Gasteiger partial charge < -0.3 is 10.2 Å². The third kappa shape index (κ3) is 2.22. The van der Waals surface area contributed by atoms with Gasteiger partial charge in [0.25, 0.3) is 0 Å². The molecule has 0 radical (unpaired) electrons. The van der Waals surface area contributed by atoms with E-state index in [1.54, 1.807) is 0 Å². The molecule has 1 aromatic rings. The number of aromatic hydroxyl groups is 2. The normalized spacial score (nSPS) is 11.4. The van der Waals surface area contributed by atoms with Crippen LogP contribution in [0.1, 0.15) is 12.5 Å². The molecule has 14 heavy (non-hydrogen) atoms. The Morgan fingerprint density at radius 1 is 1.50 bits per heavy atom. The predicted octanol–water partition coefficient (Wildman–Crippen LogP) is 1.74. The first kappa shape index (κ1) is 10.0. The minimum absolute atomic E-state index is 0.0778. The predicted molar refractivity (Wildman–Crippen MR) is 50.4 cm³/mol. The van der Waals surface area contributed by atoms with Gasteiger partial charge in [0.2, 0.25) is 5.70 Å². The number of nitrogens with zero attached hydrogens (tertiary/aromatic N) is 1. The molecular formula is C9H9NO4. The Hall–Kier alpha value is -2.04. The van der Waals surface area contributed by atoms with Crippen molar-refractivity contribution in [3.63, 3.8) is 0 Å². The molecule has 0 amide bonds. The van der Waals surface area contributed by atoms with Gasteiger partial charge >= 0.3 is 0 Å². The smallest absolute Gasteiger partial charge is 0.243 e. The van der Waals surface area contributed by atoms with Crippen LogP contribution in [-0.2, 0) is 0 Å². The van der Waals surface area contributed by atoms with Crippen LogP contribution < -0.4 is 0 Å². The summed E-state index contributed by atoms with van der Waals surface area (Å²) >= 11 is 0. The van der Waals surface area contributed by atoms with Crippen LogP contribution in [0.3, 0.4) is 0 Å². The number of hydrogen-bond acceptors (Lipinski definition) is 4. The number of benzene rings is 1. The summed E-state index contributed by atoms with van der Waals surface area (Å²) in [5.41, 5.74) is 0.225. The Kier molecular flexibility index (Phi) is 2.71. The van der Waals surface area contributed by atoms with Gasteiger partial charge in [-0.05, 0) is 12.1 Å². The highest BCUT2D eigenvalue weighted by Gasteiger charge is 2.05. The second kappa shape index (κ2) is 3.78. The van der Waals surface area contributed by atoms with Crippen molar-refractivity contribution in [1.82, 2.24) is 0 Å². The van der Waals surface area contributed by atoms with E-state index in [0.29, 0.717) is 5.56 Å². The molecule has 0 unspecified atom stereocenters. The van der Waals surface area contributed by atoms with Gasteiger partial charge in [-0.1, -0.05) is 0 Å². The summed E-state index contributed by atoms with van der Waals surface area (Å²) < 4.78 is 0. The molecule has 0 aromatic heterocycles. The van der Waals surface area contributed by atoms with Gasteiger partial charge in [0, 0.05) is 24.6 Å². The van der Waals surface area contributed by atoms with Crippen molar-refractivity contribution in [2.75, 3.05) is 0 Å². The summed E-state index contributed by atoms with van der Waals surface area (Å²) in [5.74, 6) is -0.274. The Balaban J connectivity index is 3.09. The molecule has 0 aliphatic carbocycles. The maximum Gasteiger partial charge on any atom is 0.243 e. The number of allylic oxidation sites excluding steroid dienone is 1. The van der Waals surface area contributed by atoms with Gasteiger partial charge in [-0.3, -0.25) is 10.1 Å². The summed E-state index contributed by atoms with van der Waals surface area (Å²) in [6.45, 7) is 1.33. The standard InChI is InChI=1S/C9H9NO4/c1-6(10(13)14)4-7-2-3-8(11)5-9(7)12/h2-5,11-12H,1H3/b6-4+. The molecule has 74 valence electrons. The summed E-state index contributed by atoms with van der Waals surface area (Å²) in [6, 6.07) is 3.87. The fourth-order valence-electron chi connectivity index (χ4n) is 0.932. The topological polar surface area (TPSA) is 83.6 Å². The Bertz CT molecular complexity index is 398. The third-order valence-electron chi connectivity index (χ3n) is 1.67. The molecule has 0 fully saturated rings. The van der Waals surface area contributed by atoms with Crippen LogP contribution in [0.25, 0.3) is 6.08 Å². The van der Waals surface area contributed by atoms with Crippen LogP contribution in [0, 0.1) is 10.1 Å². The van der Waals surface area contributed by atoms with Crippen molar-refractivity contribution < 1.29 is 15.1 Å². The minimum atomic E-state index is -0.549. The van der Waals surface area contributed by atoms with E-state index < -0.39 is 4.92 Å². The molecule has 0 aliphatic rings. The molecular weight excluding hydrogens is 186 g/mol. The summed E-state index contributed by atoms with van der Waals surface area (Å²) in [6.07, 6.45) is 1.23. The van der Waals surface area contributed by atoms with Gasteiger partial charge in [-0.15, -0.1) is 0 Å². The van der Waals surface area contributed by atoms with Gasteiger partial charge in [-0.25, -0.2) is 0 Å². The second-order valence-corrected chi connectivity index (χ2v) is 2.79. The zero-order chi connectivity index (χ0) is 10.7. The van der Waals surface area contributed by atoms with Gasteiger partial charge in [0.1, 0.15) is 11.5 Å². The largest absolute Gasteiger partial charge is 0.508 e. The summed E-state index contributed by atoms with van der Waals surface area (Å²) in [5, 5.41) is 28.5. The van der Waals surface area contributed by atoms with Gasteiger partial charge in [0.15, 0.2) is 0 Å². The lowest BCUT2D eigenvalue weighted by atomic mass is 10.1. The Morgan fingerprint density at radius 3 is 2.64 bits per heavy atom.